The molecular weight excluding hydrogens is 268 g/mol. The Hall–Kier alpha value is -1.28. The number of halogens is 1. The van der Waals surface area contributed by atoms with Crippen molar-refractivity contribution in [2.45, 2.75) is 32.1 Å². The van der Waals surface area contributed by atoms with Crippen LogP contribution < -0.4 is 4.90 Å². The lowest BCUT2D eigenvalue weighted by atomic mass is 10.0. The highest BCUT2D eigenvalue weighted by Crippen LogP contribution is 2.30. The van der Waals surface area contributed by atoms with Crippen LogP contribution in [-0.2, 0) is 5.88 Å². The fraction of sp³-hybridized carbons (Fsp3) is 0.471. The van der Waals surface area contributed by atoms with Gasteiger partial charge in [-0.15, -0.1) is 11.6 Å². The Morgan fingerprint density at radius 1 is 1.25 bits per heavy atom. The van der Waals surface area contributed by atoms with Crippen LogP contribution in [0.1, 0.15) is 31.9 Å². The zero-order valence-corrected chi connectivity index (χ0v) is 12.7. The van der Waals surface area contributed by atoms with Crippen molar-refractivity contribution in [1.29, 1.82) is 0 Å². The van der Waals surface area contributed by atoms with Gasteiger partial charge in [-0.05, 0) is 37.3 Å². The Bertz CT molecular complexity index is 597. The zero-order valence-electron chi connectivity index (χ0n) is 12.0. The van der Waals surface area contributed by atoms with E-state index in [4.69, 9.17) is 11.6 Å². The lowest BCUT2D eigenvalue weighted by Gasteiger charge is -2.25. The fourth-order valence-electron chi connectivity index (χ4n) is 3.04. The Morgan fingerprint density at radius 3 is 2.95 bits per heavy atom. The van der Waals surface area contributed by atoms with Crippen molar-refractivity contribution in [2.24, 2.45) is 5.92 Å². The molecule has 0 amide bonds. The van der Waals surface area contributed by atoms with Crippen molar-refractivity contribution in [3.63, 3.8) is 0 Å². The van der Waals surface area contributed by atoms with Crippen LogP contribution in [0.5, 0.6) is 0 Å². The molecule has 1 atom stereocenters. The number of anilines is 1. The van der Waals surface area contributed by atoms with Crippen LogP contribution in [0.2, 0.25) is 0 Å². The second kappa shape index (κ2) is 6.01. The van der Waals surface area contributed by atoms with E-state index in [2.05, 4.69) is 41.1 Å². The molecule has 1 unspecified atom stereocenters. The molecule has 0 aliphatic carbocycles. The molecular formula is C17H21ClN2. The molecule has 106 valence electrons. The second-order valence-corrected chi connectivity index (χ2v) is 6.07. The van der Waals surface area contributed by atoms with Crippen molar-refractivity contribution in [3.05, 3.63) is 36.0 Å². The molecule has 3 rings (SSSR count). The topological polar surface area (TPSA) is 16.1 Å². The third kappa shape index (κ3) is 2.76. The molecule has 0 N–H and O–H groups in total. The van der Waals surface area contributed by atoms with Crippen LogP contribution in [0, 0.1) is 5.92 Å². The van der Waals surface area contributed by atoms with Gasteiger partial charge in [-0.2, -0.15) is 0 Å². The van der Waals surface area contributed by atoms with Gasteiger partial charge in [-0.1, -0.05) is 25.1 Å². The highest BCUT2D eigenvalue weighted by atomic mass is 35.5. The summed E-state index contributed by atoms with van der Waals surface area (Å²) in [6, 6.07) is 10.6. The highest BCUT2D eigenvalue weighted by molar-refractivity contribution is 6.17. The van der Waals surface area contributed by atoms with Crippen LogP contribution in [0.15, 0.2) is 30.3 Å². The maximum absolute atomic E-state index is 6.01. The number of para-hydroxylation sites is 1. The van der Waals surface area contributed by atoms with Gasteiger partial charge < -0.3 is 4.90 Å². The first-order valence-corrected chi connectivity index (χ1v) is 8.01. The van der Waals surface area contributed by atoms with Gasteiger partial charge >= 0.3 is 0 Å². The van der Waals surface area contributed by atoms with E-state index >= 15 is 0 Å². The van der Waals surface area contributed by atoms with E-state index in [9.17, 15) is 0 Å². The first-order valence-electron chi connectivity index (χ1n) is 7.47. The number of alkyl halides is 1. The first-order chi connectivity index (χ1) is 9.78. The molecule has 1 aliphatic rings. The monoisotopic (exact) mass is 288 g/mol. The predicted molar refractivity (Wildman–Crippen MR) is 86.5 cm³/mol. The number of aromatic nitrogens is 1. The molecule has 1 aromatic heterocycles. The quantitative estimate of drug-likeness (QED) is 0.751. The van der Waals surface area contributed by atoms with Gasteiger partial charge in [0.15, 0.2) is 0 Å². The number of fused-ring (bicyclic) bond motifs is 1. The summed E-state index contributed by atoms with van der Waals surface area (Å²) in [4.78, 5) is 7.15. The van der Waals surface area contributed by atoms with Gasteiger partial charge in [0, 0.05) is 24.2 Å². The number of pyridine rings is 1. The van der Waals surface area contributed by atoms with E-state index in [1.807, 2.05) is 6.07 Å². The van der Waals surface area contributed by atoms with Gasteiger partial charge in [0.2, 0.25) is 0 Å². The Labute approximate surface area is 125 Å². The minimum absolute atomic E-state index is 0.474. The molecule has 20 heavy (non-hydrogen) atoms. The standard InChI is InChI=1S/C17H21ClN2/c1-13-5-4-9-20(10-8-13)17-11-14(12-18)19-16-7-3-2-6-15(16)17/h2-3,6-7,11,13H,4-5,8-10,12H2,1H3. The lowest BCUT2D eigenvalue weighted by molar-refractivity contribution is 0.521. The third-order valence-corrected chi connectivity index (χ3v) is 4.52. The molecule has 3 heteroatoms. The maximum Gasteiger partial charge on any atom is 0.0726 e. The fourth-order valence-corrected chi connectivity index (χ4v) is 3.18. The van der Waals surface area contributed by atoms with E-state index < -0.39 is 0 Å². The molecule has 1 aromatic carbocycles. The minimum atomic E-state index is 0.474. The average Bonchev–Trinajstić information content (AvgIpc) is 2.71. The molecule has 2 aromatic rings. The van der Waals surface area contributed by atoms with Gasteiger partial charge in [-0.3, -0.25) is 4.98 Å². The first kappa shape index (κ1) is 13.7. The van der Waals surface area contributed by atoms with Gasteiger partial charge in [0.1, 0.15) is 0 Å². The largest absolute Gasteiger partial charge is 0.371 e. The van der Waals surface area contributed by atoms with Gasteiger partial charge in [0.25, 0.3) is 0 Å². The SMILES string of the molecule is CC1CCCN(c2cc(CCl)nc3ccccc23)CC1. The molecule has 2 nitrogen and oxygen atoms in total. The van der Waals surface area contributed by atoms with E-state index in [1.165, 1.54) is 30.3 Å². The summed E-state index contributed by atoms with van der Waals surface area (Å²) >= 11 is 6.01. The predicted octanol–water partition coefficient (Wildman–Crippen LogP) is 4.60. The van der Waals surface area contributed by atoms with Crippen LogP contribution in [0.4, 0.5) is 5.69 Å². The summed E-state index contributed by atoms with van der Waals surface area (Å²) < 4.78 is 0. The zero-order chi connectivity index (χ0) is 13.9. The van der Waals surface area contributed by atoms with E-state index in [1.54, 1.807) is 0 Å². The lowest BCUT2D eigenvalue weighted by Crippen LogP contribution is -2.24. The summed E-state index contributed by atoms with van der Waals surface area (Å²) in [5.74, 6) is 1.31. The number of hydrogen-bond acceptors (Lipinski definition) is 2. The van der Waals surface area contributed by atoms with Crippen molar-refractivity contribution in [1.82, 2.24) is 4.98 Å². The summed E-state index contributed by atoms with van der Waals surface area (Å²) in [5.41, 5.74) is 3.33. The third-order valence-electron chi connectivity index (χ3n) is 4.24. The number of hydrogen-bond donors (Lipinski definition) is 0. The second-order valence-electron chi connectivity index (χ2n) is 5.81. The number of rotatable bonds is 2. The Balaban J connectivity index is 2.04. The summed E-state index contributed by atoms with van der Waals surface area (Å²) in [6.07, 6.45) is 3.88. The van der Waals surface area contributed by atoms with Crippen molar-refractivity contribution in [3.8, 4) is 0 Å². The maximum atomic E-state index is 6.01. The Morgan fingerprint density at radius 2 is 2.10 bits per heavy atom. The Kier molecular flexibility index (Phi) is 4.11. The van der Waals surface area contributed by atoms with Crippen molar-refractivity contribution < 1.29 is 0 Å². The molecule has 0 radical (unpaired) electrons. The number of nitrogens with zero attached hydrogens (tertiary/aromatic N) is 2. The van der Waals surface area contributed by atoms with Gasteiger partial charge in [0.05, 0.1) is 17.1 Å². The molecule has 1 saturated heterocycles. The summed E-state index contributed by atoms with van der Waals surface area (Å²) in [5, 5.41) is 1.25. The molecule has 1 aliphatic heterocycles. The number of benzene rings is 1. The van der Waals surface area contributed by atoms with Crippen molar-refractivity contribution in [2.75, 3.05) is 18.0 Å². The molecule has 2 heterocycles. The molecule has 0 saturated carbocycles. The minimum Gasteiger partial charge on any atom is -0.371 e. The van der Waals surface area contributed by atoms with Crippen LogP contribution in [0.3, 0.4) is 0 Å². The van der Waals surface area contributed by atoms with E-state index in [-0.39, 0.29) is 0 Å². The summed E-state index contributed by atoms with van der Waals surface area (Å²) in [7, 11) is 0. The van der Waals surface area contributed by atoms with Crippen LogP contribution in [-0.4, -0.2) is 18.1 Å². The van der Waals surface area contributed by atoms with E-state index in [0.717, 1.165) is 30.2 Å². The van der Waals surface area contributed by atoms with Crippen LogP contribution in [0.25, 0.3) is 10.9 Å². The van der Waals surface area contributed by atoms with E-state index in [0.29, 0.717) is 5.88 Å². The molecule has 0 spiro atoms. The molecule has 1 fully saturated rings. The summed E-state index contributed by atoms with van der Waals surface area (Å²) in [6.45, 7) is 4.63. The normalized spacial score (nSPS) is 20.1. The average molecular weight is 289 g/mol. The highest BCUT2D eigenvalue weighted by Gasteiger charge is 2.17. The molecule has 0 bridgehead atoms. The van der Waals surface area contributed by atoms with Crippen LogP contribution >= 0.6 is 11.6 Å². The van der Waals surface area contributed by atoms with Gasteiger partial charge in [-0.25, -0.2) is 0 Å². The smallest absolute Gasteiger partial charge is 0.0726 e. The van der Waals surface area contributed by atoms with Crippen molar-refractivity contribution >= 4 is 28.2 Å².